The predicted octanol–water partition coefficient (Wildman–Crippen LogP) is 3.68. The van der Waals surface area contributed by atoms with E-state index in [1.807, 2.05) is 19.1 Å². The molecule has 1 aliphatic rings. The summed E-state index contributed by atoms with van der Waals surface area (Å²) in [5.41, 5.74) is 3.13. The van der Waals surface area contributed by atoms with Crippen LogP contribution in [0.1, 0.15) is 38.3 Å². The van der Waals surface area contributed by atoms with Crippen LogP contribution in [0.5, 0.6) is 5.75 Å². The van der Waals surface area contributed by atoms with Gasteiger partial charge < -0.3 is 10.1 Å². The van der Waals surface area contributed by atoms with Crippen molar-refractivity contribution in [3.05, 3.63) is 45.3 Å². The van der Waals surface area contributed by atoms with Crippen molar-refractivity contribution in [1.29, 1.82) is 5.26 Å². The molecule has 1 aromatic heterocycles. The second-order valence-corrected chi connectivity index (χ2v) is 6.39. The van der Waals surface area contributed by atoms with E-state index in [4.69, 9.17) is 4.74 Å². The summed E-state index contributed by atoms with van der Waals surface area (Å²) in [6.45, 7) is 1.90. The van der Waals surface area contributed by atoms with Gasteiger partial charge in [-0.1, -0.05) is 12.1 Å². The Kier molecular flexibility index (Phi) is 3.86. The molecule has 5 heteroatoms. The van der Waals surface area contributed by atoms with Crippen LogP contribution in [0.3, 0.4) is 0 Å². The van der Waals surface area contributed by atoms with Gasteiger partial charge in [-0.05, 0) is 43.4 Å². The third kappa shape index (κ3) is 2.36. The lowest BCUT2D eigenvalue weighted by Gasteiger charge is -2.11. The number of para-hydroxylation sites is 1. The van der Waals surface area contributed by atoms with Gasteiger partial charge in [-0.2, -0.15) is 5.26 Å². The third-order valence-corrected chi connectivity index (χ3v) is 5.13. The van der Waals surface area contributed by atoms with E-state index >= 15 is 0 Å². The van der Waals surface area contributed by atoms with Gasteiger partial charge in [0.15, 0.2) is 0 Å². The molecule has 0 spiro atoms. The Morgan fingerprint density at radius 3 is 2.95 bits per heavy atom. The van der Waals surface area contributed by atoms with E-state index in [1.165, 1.54) is 16.2 Å². The minimum absolute atomic E-state index is 0.239. The van der Waals surface area contributed by atoms with Crippen molar-refractivity contribution in [2.75, 3.05) is 12.4 Å². The maximum absolute atomic E-state index is 12.5. The lowest BCUT2D eigenvalue weighted by molar-refractivity contribution is 0.102. The summed E-state index contributed by atoms with van der Waals surface area (Å²) in [6, 6.07) is 7.69. The van der Waals surface area contributed by atoms with Crippen LogP contribution in [0.4, 0.5) is 5.00 Å². The molecule has 0 saturated carbocycles. The number of aryl methyl sites for hydroxylation is 2. The van der Waals surface area contributed by atoms with Gasteiger partial charge in [0.2, 0.25) is 0 Å². The van der Waals surface area contributed by atoms with Gasteiger partial charge in [-0.3, -0.25) is 4.79 Å². The van der Waals surface area contributed by atoms with Crippen molar-refractivity contribution < 1.29 is 9.53 Å². The van der Waals surface area contributed by atoms with Crippen LogP contribution < -0.4 is 10.1 Å². The van der Waals surface area contributed by atoms with Crippen molar-refractivity contribution in [2.45, 2.75) is 26.2 Å². The second kappa shape index (κ2) is 5.82. The van der Waals surface area contributed by atoms with Crippen molar-refractivity contribution in [3.8, 4) is 11.8 Å². The molecule has 1 aromatic carbocycles. The number of benzene rings is 1. The van der Waals surface area contributed by atoms with Crippen LogP contribution in [-0.2, 0) is 12.8 Å². The maximum atomic E-state index is 12.5. The standard InChI is InChI=1S/C17H16N2O2S/c1-10-5-3-7-12(15(10)21-2)16(20)19-17-13(9-18)11-6-4-8-14(11)22-17/h3,5,7H,4,6,8H2,1-2H3,(H,19,20). The number of rotatable bonds is 3. The quantitative estimate of drug-likeness (QED) is 0.940. The average Bonchev–Trinajstić information content (AvgIpc) is 3.07. The molecule has 1 N–H and O–H groups in total. The van der Waals surface area contributed by atoms with Gasteiger partial charge >= 0.3 is 0 Å². The normalized spacial score (nSPS) is 12.6. The Labute approximate surface area is 133 Å². The zero-order valence-electron chi connectivity index (χ0n) is 12.5. The van der Waals surface area contributed by atoms with Gasteiger partial charge in [0.1, 0.15) is 16.8 Å². The number of hydrogen-bond donors (Lipinski definition) is 1. The first-order valence-electron chi connectivity index (χ1n) is 7.15. The molecular formula is C17H16N2O2S. The number of carbonyl (C=O) groups excluding carboxylic acids is 1. The number of amides is 1. The van der Waals surface area contributed by atoms with Crippen LogP contribution in [0, 0.1) is 18.3 Å². The number of methoxy groups -OCH3 is 1. The number of nitriles is 1. The number of hydrogen-bond acceptors (Lipinski definition) is 4. The van der Waals surface area contributed by atoms with E-state index in [0.29, 0.717) is 21.9 Å². The topological polar surface area (TPSA) is 62.1 Å². The summed E-state index contributed by atoms with van der Waals surface area (Å²) in [5, 5.41) is 12.9. The number of thiophene rings is 1. The maximum Gasteiger partial charge on any atom is 0.260 e. The average molecular weight is 312 g/mol. The second-order valence-electron chi connectivity index (χ2n) is 5.28. The monoisotopic (exact) mass is 312 g/mol. The molecule has 4 nitrogen and oxygen atoms in total. The van der Waals surface area contributed by atoms with Gasteiger partial charge in [-0.25, -0.2) is 0 Å². The van der Waals surface area contributed by atoms with Gasteiger partial charge in [0, 0.05) is 4.88 Å². The lowest BCUT2D eigenvalue weighted by atomic mass is 10.1. The Balaban J connectivity index is 1.93. The molecule has 0 atom stereocenters. The molecule has 1 amide bonds. The molecule has 0 aliphatic heterocycles. The minimum atomic E-state index is -0.239. The van der Waals surface area contributed by atoms with E-state index in [1.54, 1.807) is 13.2 Å². The number of anilines is 1. The molecule has 0 unspecified atom stereocenters. The van der Waals surface area contributed by atoms with E-state index in [2.05, 4.69) is 11.4 Å². The summed E-state index contributed by atoms with van der Waals surface area (Å²) >= 11 is 1.52. The molecule has 1 heterocycles. The first-order valence-corrected chi connectivity index (χ1v) is 7.97. The molecule has 3 rings (SSSR count). The summed E-state index contributed by atoms with van der Waals surface area (Å²) in [6.07, 6.45) is 3.02. The number of ether oxygens (including phenoxy) is 1. The molecule has 0 radical (unpaired) electrons. The largest absolute Gasteiger partial charge is 0.496 e. The van der Waals surface area contributed by atoms with E-state index in [-0.39, 0.29) is 5.91 Å². The highest BCUT2D eigenvalue weighted by Crippen LogP contribution is 2.39. The summed E-state index contributed by atoms with van der Waals surface area (Å²) in [4.78, 5) is 13.8. The van der Waals surface area contributed by atoms with Crippen LogP contribution in [0.2, 0.25) is 0 Å². The minimum Gasteiger partial charge on any atom is -0.496 e. The Hall–Kier alpha value is -2.32. The fourth-order valence-electron chi connectivity index (χ4n) is 2.88. The van der Waals surface area contributed by atoms with Gasteiger partial charge in [-0.15, -0.1) is 11.3 Å². The van der Waals surface area contributed by atoms with Crippen molar-refractivity contribution in [1.82, 2.24) is 0 Å². The number of carbonyl (C=O) groups is 1. The molecular weight excluding hydrogens is 296 g/mol. The van der Waals surface area contributed by atoms with Crippen LogP contribution in [0.25, 0.3) is 0 Å². The highest BCUT2D eigenvalue weighted by Gasteiger charge is 2.24. The van der Waals surface area contributed by atoms with Gasteiger partial charge in [0.25, 0.3) is 5.91 Å². The number of nitrogens with one attached hydrogen (secondary N) is 1. The molecule has 2 aromatic rings. The molecule has 0 bridgehead atoms. The number of nitrogens with zero attached hydrogens (tertiary/aromatic N) is 1. The van der Waals surface area contributed by atoms with Crippen molar-refractivity contribution in [2.24, 2.45) is 0 Å². The molecule has 22 heavy (non-hydrogen) atoms. The third-order valence-electron chi connectivity index (χ3n) is 3.92. The van der Waals surface area contributed by atoms with Crippen LogP contribution >= 0.6 is 11.3 Å². The van der Waals surface area contributed by atoms with Crippen LogP contribution in [0.15, 0.2) is 18.2 Å². The summed E-state index contributed by atoms with van der Waals surface area (Å²) in [5.74, 6) is 0.333. The highest BCUT2D eigenvalue weighted by molar-refractivity contribution is 7.16. The van der Waals surface area contributed by atoms with Crippen molar-refractivity contribution >= 4 is 22.2 Å². The smallest absolute Gasteiger partial charge is 0.260 e. The zero-order valence-corrected chi connectivity index (χ0v) is 13.3. The van der Waals surface area contributed by atoms with Gasteiger partial charge in [0.05, 0.1) is 18.2 Å². The molecule has 112 valence electrons. The molecule has 1 aliphatic carbocycles. The lowest BCUT2D eigenvalue weighted by Crippen LogP contribution is -2.13. The molecule has 0 saturated heterocycles. The SMILES string of the molecule is COc1c(C)cccc1C(=O)Nc1sc2c(c1C#N)CCC2. The van der Waals surface area contributed by atoms with Crippen LogP contribution in [-0.4, -0.2) is 13.0 Å². The highest BCUT2D eigenvalue weighted by atomic mass is 32.1. The van der Waals surface area contributed by atoms with E-state index in [0.717, 1.165) is 30.4 Å². The Morgan fingerprint density at radius 2 is 2.23 bits per heavy atom. The summed E-state index contributed by atoms with van der Waals surface area (Å²) < 4.78 is 5.33. The predicted molar refractivity (Wildman–Crippen MR) is 86.7 cm³/mol. The fraction of sp³-hybridized carbons (Fsp3) is 0.294. The first kappa shape index (κ1) is 14.6. The van der Waals surface area contributed by atoms with Crippen molar-refractivity contribution in [3.63, 3.8) is 0 Å². The van der Waals surface area contributed by atoms with E-state index in [9.17, 15) is 10.1 Å². The fourth-order valence-corrected chi connectivity index (χ4v) is 4.12. The Bertz CT molecular complexity index is 787. The summed E-state index contributed by atoms with van der Waals surface area (Å²) in [7, 11) is 1.56. The number of fused-ring (bicyclic) bond motifs is 1. The first-order chi connectivity index (χ1) is 10.7. The molecule has 0 fully saturated rings. The zero-order chi connectivity index (χ0) is 15.7. The van der Waals surface area contributed by atoms with E-state index < -0.39 is 0 Å². The Morgan fingerprint density at radius 1 is 1.41 bits per heavy atom.